The van der Waals surface area contributed by atoms with Gasteiger partial charge in [-0.25, -0.2) is 4.79 Å². The fourth-order valence-corrected chi connectivity index (χ4v) is 2.76. The molecule has 1 aromatic carbocycles. The molecule has 0 bridgehead atoms. The molecule has 0 saturated heterocycles. The molecule has 0 heterocycles. The zero-order chi connectivity index (χ0) is 14.4. The summed E-state index contributed by atoms with van der Waals surface area (Å²) in [5.74, 6) is -0.257. The lowest BCUT2D eigenvalue weighted by Crippen LogP contribution is -2.19. The van der Waals surface area contributed by atoms with Crippen molar-refractivity contribution < 1.29 is 14.6 Å². The SMILES string of the molecule is CN(C)CCOc1c(Br)cc(/C=C/C(=O)O)cc1Br. The fourth-order valence-electron chi connectivity index (χ4n) is 1.31. The summed E-state index contributed by atoms with van der Waals surface area (Å²) >= 11 is 6.84. The molecule has 0 saturated carbocycles. The minimum Gasteiger partial charge on any atom is -0.490 e. The van der Waals surface area contributed by atoms with Crippen LogP contribution in [-0.4, -0.2) is 43.2 Å². The minimum absolute atomic E-state index is 0.578. The van der Waals surface area contributed by atoms with E-state index in [2.05, 4.69) is 31.9 Å². The van der Waals surface area contributed by atoms with Crippen LogP contribution in [0.2, 0.25) is 0 Å². The molecule has 1 rings (SSSR count). The van der Waals surface area contributed by atoms with Crippen LogP contribution < -0.4 is 4.74 Å². The van der Waals surface area contributed by atoms with E-state index in [1.54, 1.807) is 0 Å². The summed E-state index contributed by atoms with van der Waals surface area (Å²) in [6.07, 6.45) is 2.63. The second-order valence-electron chi connectivity index (χ2n) is 4.14. The third-order valence-corrected chi connectivity index (χ3v) is 3.40. The molecule has 6 heteroatoms. The summed E-state index contributed by atoms with van der Waals surface area (Å²) in [6.45, 7) is 1.40. The molecule has 0 unspecified atom stereocenters. The Kier molecular flexibility index (Phi) is 6.54. The van der Waals surface area contributed by atoms with Gasteiger partial charge in [0.05, 0.1) is 8.95 Å². The van der Waals surface area contributed by atoms with Gasteiger partial charge in [0, 0.05) is 12.6 Å². The Morgan fingerprint density at radius 3 is 2.42 bits per heavy atom. The highest BCUT2D eigenvalue weighted by Crippen LogP contribution is 2.35. The van der Waals surface area contributed by atoms with Crippen LogP contribution in [-0.2, 0) is 4.79 Å². The molecule has 104 valence electrons. The first-order valence-electron chi connectivity index (χ1n) is 5.57. The predicted octanol–water partition coefficient (Wildman–Crippen LogP) is 3.25. The summed E-state index contributed by atoms with van der Waals surface area (Å²) < 4.78 is 7.25. The summed E-state index contributed by atoms with van der Waals surface area (Å²) in [4.78, 5) is 12.5. The highest BCUT2D eigenvalue weighted by atomic mass is 79.9. The maximum absolute atomic E-state index is 10.5. The summed E-state index contributed by atoms with van der Waals surface area (Å²) in [5.41, 5.74) is 0.779. The number of hydrogen-bond acceptors (Lipinski definition) is 3. The van der Waals surface area contributed by atoms with Gasteiger partial charge < -0.3 is 14.7 Å². The van der Waals surface area contributed by atoms with Crippen molar-refractivity contribution in [1.82, 2.24) is 4.90 Å². The number of carboxylic acid groups (broad SMARTS) is 1. The molecule has 1 N–H and O–H groups in total. The largest absolute Gasteiger partial charge is 0.490 e. The van der Waals surface area contributed by atoms with Gasteiger partial charge in [-0.15, -0.1) is 0 Å². The highest BCUT2D eigenvalue weighted by Gasteiger charge is 2.08. The van der Waals surface area contributed by atoms with E-state index in [1.807, 2.05) is 31.1 Å². The van der Waals surface area contributed by atoms with E-state index in [-0.39, 0.29) is 0 Å². The van der Waals surface area contributed by atoms with E-state index >= 15 is 0 Å². The molecule has 0 aliphatic carbocycles. The van der Waals surface area contributed by atoms with Crippen LogP contribution in [0, 0.1) is 0 Å². The molecule has 1 aromatic rings. The highest BCUT2D eigenvalue weighted by molar-refractivity contribution is 9.11. The number of nitrogens with zero attached hydrogens (tertiary/aromatic N) is 1. The van der Waals surface area contributed by atoms with Crippen molar-refractivity contribution in [2.24, 2.45) is 0 Å². The molecule has 0 aliphatic heterocycles. The molecule has 0 aromatic heterocycles. The number of benzene rings is 1. The van der Waals surface area contributed by atoms with Crippen LogP contribution in [0.4, 0.5) is 0 Å². The van der Waals surface area contributed by atoms with E-state index in [0.29, 0.717) is 12.4 Å². The van der Waals surface area contributed by atoms with Gasteiger partial charge in [0.15, 0.2) is 0 Å². The maximum Gasteiger partial charge on any atom is 0.328 e. The van der Waals surface area contributed by atoms with E-state index < -0.39 is 5.97 Å². The van der Waals surface area contributed by atoms with Crippen LogP contribution >= 0.6 is 31.9 Å². The zero-order valence-electron chi connectivity index (χ0n) is 10.7. The van der Waals surface area contributed by atoms with Gasteiger partial charge in [-0.1, -0.05) is 0 Å². The van der Waals surface area contributed by atoms with Gasteiger partial charge >= 0.3 is 5.97 Å². The first kappa shape index (κ1) is 16.2. The molecule has 0 fully saturated rings. The van der Waals surface area contributed by atoms with Crippen molar-refractivity contribution >= 4 is 43.9 Å². The van der Waals surface area contributed by atoms with Crippen molar-refractivity contribution in [2.45, 2.75) is 0 Å². The number of carbonyl (C=O) groups is 1. The normalized spacial score (nSPS) is 11.2. The summed E-state index contributed by atoms with van der Waals surface area (Å²) in [5, 5.41) is 8.60. The van der Waals surface area contributed by atoms with Gasteiger partial charge in [-0.2, -0.15) is 0 Å². The number of likely N-dealkylation sites (N-methyl/N-ethyl adjacent to an activating group) is 1. The van der Waals surface area contributed by atoms with E-state index in [9.17, 15) is 4.79 Å². The van der Waals surface area contributed by atoms with Crippen LogP contribution in [0.15, 0.2) is 27.2 Å². The van der Waals surface area contributed by atoms with Crippen molar-refractivity contribution in [2.75, 3.05) is 27.2 Å². The lowest BCUT2D eigenvalue weighted by Gasteiger charge is -2.14. The van der Waals surface area contributed by atoms with Gasteiger partial charge in [0.25, 0.3) is 0 Å². The van der Waals surface area contributed by atoms with Gasteiger partial charge in [-0.3, -0.25) is 0 Å². The predicted molar refractivity (Wildman–Crippen MR) is 82.6 cm³/mol. The lowest BCUT2D eigenvalue weighted by molar-refractivity contribution is -0.131. The first-order chi connectivity index (χ1) is 8.90. The van der Waals surface area contributed by atoms with Gasteiger partial charge in [0.1, 0.15) is 12.4 Å². The average molecular weight is 393 g/mol. The third kappa shape index (κ3) is 5.76. The second kappa shape index (κ2) is 7.67. The molecule has 0 radical (unpaired) electrons. The standard InChI is InChI=1S/C13H15Br2NO3/c1-16(2)5-6-19-13-10(14)7-9(8-11(13)15)3-4-12(17)18/h3-4,7-8H,5-6H2,1-2H3,(H,17,18)/b4-3+. The molecule has 4 nitrogen and oxygen atoms in total. The molecule has 19 heavy (non-hydrogen) atoms. The number of ether oxygens (including phenoxy) is 1. The molecule has 0 amide bonds. The number of halogens is 2. The third-order valence-electron chi connectivity index (χ3n) is 2.22. The monoisotopic (exact) mass is 391 g/mol. The van der Waals surface area contributed by atoms with Crippen LogP contribution in [0.25, 0.3) is 6.08 Å². The molecule has 0 aliphatic rings. The molecule has 0 spiro atoms. The Bertz CT molecular complexity index is 464. The topological polar surface area (TPSA) is 49.8 Å². The lowest BCUT2D eigenvalue weighted by atomic mass is 10.2. The number of aliphatic carboxylic acids is 1. The number of carboxylic acids is 1. The van der Waals surface area contributed by atoms with Crippen LogP contribution in [0.1, 0.15) is 5.56 Å². The number of hydrogen-bond donors (Lipinski definition) is 1. The minimum atomic E-state index is -0.974. The Balaban J connectivity index is 2.82. The summed E-state index contributed by atoms with van der Waals surface area (Å²) in [6, 6.07) is 3.63. The maximum atomic E-state index is 10.5. The van der Waals surface area contributed by atoms with Gasteiger partial charge in [-0.05, 0) is 69.7 Å². The summed E-state index contributed by atoms with van der Waals surface area (Å²) in [7, 11) is 3.96. The quantitative estimate of drug-likeness (QED) is 0.755. The first-order valence-corrected chi connectivity index (χ1v) is 7.16. The Labute approximate surface area is 129 Å². The molecular weight excluding hydrogens is 378 g/mol. The van der Waals surface area contributed by atoms with Crippen molar-refractivity contribution in [1.29, 1.82) is 0 Å². The Morgan fingerprint density at radius 2 is 1.95 bits per heavy atom. The zero-order valence-corrected chi connectivity index (χ0v) is 13.9. The fraction of sp³-hybridized carbons (Fsp3) is 0.308. The Morgan fingerprint density at radius 1 is 1.37 bits per heavy atom. The molecular formula is C13H15Br2NO3. The van der Waals surface area contributed by atoms with Crippen molar-refractivity contribution in [3.63, 3.8) is 0 Å². The van der Waals surface area contributed by atoms with Crippen molar-refractivity contribution in [3.05, 3.63) is 32.7 Å². The van der Waals surface area contributed by atoms with E-state index in [0.717, 1.165) is 27.1 Å². The smallest absolute Gasteiger partial charge is 0.328 e. The Hall–Kier alpha value is -0.850. The van der Waals surface area contributed by atoms with E-state index in [1.165, 1.54) is 6.08 Å². The van der Waals surface area contributed by atoms with Crippen LogP contribution in [0.3, 0.4) is 0 Å². The number of rotatable bonds is 6. The molecule has 0 atom stereocenters. The van der Waals surface area contributed by atoms with Crippen LogP contribution in [0.5, 0.6) is 5.75 Å². The van der Waals surface area contributed by atoms with E-state index in [4.69, 9.17) is 9.84 Å². The van der Waals surface area contributed by atoms with Crippen molar-refractivity contribution in [3.8, 4) is 5.75 Å². The second-order valence-corrected chi connectivity index (χ2v) is 5.85. The van der Waals surface area contributed by atoms with Gasteiger partial charge in [0.2, 0.25) is 0 Å². The average Bonchev–Trinajstić information content (AvgIpc) is 2.29.